The number of rotatable bonds is 3. The first-order valence-electron chi connectivity index (χ1n) is 7.53. The second-order valence-corrected chi connectivity index (χ2v) is 6.56. The summed E-state index contributed by atoms with van der Waals surface area (Å²) in [4.78, 5) is 12.1. The molecule has 1 amide bonds. The van der Waals surface area contributed by atoms with Gasteiger partial charge in [0.25, 0.3) is 0 Å². The average molecular weight is 306 g/mol. The van der Waals surface area contributed by atoms with Gasteiger partial charge in [0.15, 0.2) is 5.60 Å². The molecule has 0 aromatic heterocycles. The Bertz CT molecular complexity index is 419. The number of alkyl halides is 3. The van der Waals surface area contributed by atoms with Gasteiger partial charge in [-0.3, -0.25) is 4.79 Å². The number of carbonyl (C=O) groups excluding carboxylic acids is 1. The van der Waals surface area contributed by atoms with Crippen LogP contribution in [0.2, 0.25) is 0 Å². The quantitative estimate of drug-likeness (QED) is 0.835. The van der Waals surface area contributed by atoms with Gasteiger partial charge in [0.05, 0.1) is 6.04 Å². The van der Waals surface area contributed by atoms with Crippen LogP contribution < -0.4 is 10.6 Å². The largest absolute Gasteiger partial charge is 0.417 e. The van der Waals surface area contributed by atoms with E-state index in [2.05, 4.69) is 10.6 Å². The first kappa shape index (κ1) is 15.1. The zero-order valence-corrected chi connectivity index (χ0v) is 12.0. The third-order valence-corrected chi connectivity index (χ3v) is 5.16. The van der Waals surface area contributed by atoms with Crippen molar-refractivity contribution in [2.45, 2.75) is 68.4 Å². The Morgan fingerprint density at radius 3 is 2.71 bits per heavy atom. The maximum Gasteiger partial charge on any atom is 0.417 e. The number of nitrogens with one attached hydrogen (secondary N) is 2. The normalized spacial score (nSPS) is 42.5. The number of hydrogen-bond donors (Lipinski definition) is 2. The molecule has 0 radical (unpaired) electrons. The van der Waals surface area contributed by atoms with Crippen LogP contribution in [0.3, 0.4) is 0 Å². The molecule has 7 heteroatoms. The van der Waals surface area contributed by atoms with E-state index in [-0.39, 0.29) is 24.8 Å². The topological polar surface area (TPSA) is 50.4 Å². The maximum absolute atomic E-state index is 13.2. The van der Waals surface area contributed by atoms with Crippen molar-refractivity contribution in [3.63, 3.8) is 0 Å². The van der Waals surface area contributed by atoms with Crippen molar-refractivity contribution < 1.29 is 22.7 Å². The first-order valence-corrected chi connectivity index (χ1v) is 7.53. The second kappa shape index (κ2) is 5.12. The van der Waals surface area contributed by atoms with Gasteiger partial charge in [-0.25, -0.2) is 0 Å². The van der Waals surface area contributed by atoms with E-state index in [1.165, 1.54) is 0 Å². The van der Waals surface area contributed by atoms with E-state index in [1.807, 2.05) is 0 Å². The summed E-state index contributed by atoms with van der Waals surface area (Å²) in [6, 6.07) is -0.259. The van der Waals surface area contributed by atoms with Gasteiger partial charge >= 0.3 is 6.18 Å². The van der Waals surface area contributed by atoms with E-state index in [4.69, 9.17) is 4.74 Å². The molecule has 2 aliphatic carbocycles. The van der Waals surface area contributed by atoms with E-state index < -0.39 is 17.8 Å². The van der Waals surface area contributed by atoms with Gasteiger partial charge in [-0.1, -0.05) is 0 Å². The van der Waals surface area contributed by atoms with E-state index in [1.54, 1.807) is 0 Å². The molecule has 4 nitrogen and oxygen atoms in total. The molecule has 0 aromatic rings. The average Bonchev–Trinajstić information content (AvgIpc) is 3.04. The minimum atomic E-state index is -4.40. The first-order chi connectivity index (χ1) is 9.84. The number of carbonyl (C=O) groups is 1. The SMILES string of the molecule is COC1(C(F)(F)F)CCCC(NC(=O)[C@@H]2C[C@H]3C[C@H]3N2)C1. The zero-order valence-electron chi connectivity index (χ0n) is 12.0. The van der Waals surface area contributed by atoms with Crippen LogP contribution in [0.4, 0.5) is 13.2 Å². The van der Waals surface area contributed by atoms with Crippen molar-refractivity contribution in [2.75, 3.05) is 7.11 Å². The molecule has 3 aliphatic rings. The molecule has 0 bridgehead atoms. The summed E-state index contributed by atoms with van der Waals surface area (Å²) in [6.45, 7) is 0. The Kier molecular flexibility index (Phi) is 3.68. The fourth-order valence-electron chi connectivity index (χ4n) is 3.74. The molecule has 0 aromatic carbocycles. The molecule has 2 unspecified atom stereocenters. The van der Waals surface area contributed by atoms with Gasteiger partial charge in [0, 0.05) is 25.6 Å². The smallest absolute Gasteiger partial charge is 0.369 e. The van der Waals surface area contributed by atoms with Crippen LogP contribution in [0.5, 0.6) is 0 Å². The standard InChI is InChI=1S/C14H21F3N2O2/c1-21-13(14(15,16)17)4-2-3-9(7-13)18-12(20)11-6-8-5-10(8)19-11/h8-11,19H,2-7H2,1H3,(H,18,20)/t8-,9?,10-,11+,13?/m1/s1. The van der Waals surface area contributed by atoms with Gasteiger partial charge in [0.2, 0.25) is 5.91 Å². The van der Waals surface area contributed by atoms with Crippen molar-refractivity contribution in [3.8, 4) is 0 Å². The van der Waals surface area contributed by atoms with Crippen LogP contribution in [-0.4, -0.2) is 42.9 Å². The molecule has 2 N–H and O–H groups in total. The third kappa shape index (κ3) is 2.77. The van der Waals surface area contributed by atoms with E-state index in [9.17, 15) is 18.0 Å². The predicted molar refractivity (Wildman–Crippen MR) is 69.6 cm³/mol. The van der Waals surface area contributed by atoms with Gasteiger partial charge in [-0.15, -0.1) is 0 Å². The van der Waals surface area contributed by atoms with Crippen LogP contribution >= 0.6 is 0 Å². The summed E-state index contributed by atoms with van der Waals surface area (Å²) < 4.78 is 44.5. The molecule has 2 saturated carbocycles. The lowest BCUT2D eigenvalue weighted by Crippen LogP contribution is -2.56. The Hall–Kier alpha value is -0.820. The van der Waals surface area contributed by atoms with Gasteiger partial charge in [-0.05, 0) is 38.0 Å². The number of hydrogen-bond acceptors (Lipinski definition) is 3. The molecule has 1 saturated heterocycles. The number of methoxy groups -OCH3 is 1. The minimum Gasteiger partial charge on any atom is -0.369 e. The van der Waals surface area contributed by atoms with Crippen LogP contribution in [0.1, 0.15) is 38.5 Å². The summed E-state index contributed by atoms with van der Waals surface area (Å²) in [5.41, 5.74) is -2.12. The van der Waals surface area contributed by atoms with E-state index in [0.717, 1.165) is 20.0 Å². The van der Waals surface area contributed by atoms with Gasteiger partial charge < -0.3 is 15.4 Å². The minimum absolute atomic E-state index is 0.0365. The van der Waals surface area contributed by atoms with Crippen LogP contribution in [0.15, 0.2) is 0 Å². The number of ether oxygens (including phenoxy) is 1. The lowest BCUT2D eigenvalue weighted by molar-refractivity contribution is -0.281. The lowest BCUT2D eigenvalue weighted by Gasteiger charge is -2.41. The fourth-order valence-corrected chi connectivity index (χ4v) is 3.74. The lowest BCUT2D eigenvalue weighted by atomic mass is 9.81. The molecule has 5 atom stereocenters. The highest BCUT2D eigenvalue weighted by Crippen LogP contribution is 2.44. The number of piperidine rings is 1. The molecule has 3 rings (SSSR count). The second-order valence-electron chi connectivity index (χ2n) is 6.56. The third-order valence-electron chi connectivity index (χ3n) is 5.16. The molecule has 21 heavy (non-hydrogen) atoms. The van der Waals surface area contributed by atoms with E-state index in [0.29, 0.717) is 24.8 Å². The maximum atomic E-state index is 13.2. The summed E-state index contributed by atoms with van der Waals surface area (Å²) in [7, 11) is 1.10. The van der Waals surface area contributed by atoms with Gasteiger partial charge in [-0.2, -0.15) is 13.2 Å². The summed E-state index contributed by atoms with van der Waals surface area (Å²) in [6.07, 6.45) is -1.73. The van der Waals surface area contributed by atoms with Crippen LogP contribution in [-0.2, 0) is 9.53 Å². The fraction of sp³-hybridized carbons (Fsp3) is 0.929. The summed E-state index contributed by atoms with van der Waals surface area (Å²) >= 11 is 0. The monoisotopic (exact) mass is 306 g/mol. The number of halogens is 3. The van der Waals surface area contributed by atoms with Crippen molar-refractivity contribution >= 4 is 5.91 Å². The molecule has 120 valence electrons. The number of fused-ring (bicyclic) bond motifs is 1. The van der Waals surface area contributed by atoms with Crippen molar-refractivity contribution in [2.24, 2.45) is 5.92 Å². The highest BCUT2D eigenvalue weighted by Gasteiger charge is 2.57. The molecule has 1 aliphatic heterocycles. The van der Waals surface area contributed by atoms with Gasteiger partial charge in [0.1, 0.15) is 0 Å². The van der Waals surface area contributed by atoms with E-state index >= 15 is 0 Å². The number of amides is 1. The summed E-state index contributed by atoms with van der Waals surface area (Å²) in [5, 5.41) is 6.00. The van der Waals surface area contributed by atoms with Crippen LogP contribution in [0, 0.1) is 5.92 Å². The molecular weight excluding hydrogens is 285 g/mol. The Morgan fingerprint density at radius 2 is 2.14 bits per heavy atom. The highest BCUT2D eigenvalue weighted by atomic mass is 19.4. The molecular formula is C14H21F3N2O2. The Morgan fingerprint density at radius 1 is 1.38 bits per heavy atom. The zero-order chi connectivity index (χ0) is 15.3. The van der Waals surface area contributed by atoms with Crippen molar-refractivity contribution in [3.05, 3.63) is 0 Å². The van der Waals surface area contributed by atoms with Crippen molar-refractivity contribution in [1.82, 2.24) is 10.6 Å². The molecule has 1 heterocycles. The molecule has 3 fully saturated rings. The summed E-state index contributed by atoms with van der Waals surface area (Å²) in [5.74, 6) is 0.418. The van der Waals surface area contributed by atoms with Crippen LogP contribution in [0.25, 0.3) is 0 Å². The Balaban J connectivity index is 1.59. The van der Waals surface area contributed by atoms with Crippen molar-refractivity contribution in [1.29, 1.82) is 0 Å². The highest BCUT2D eigenvalue weighted by molar-refractivity contribution is 5.82. The molecule has 0 spiro atoms. The predicted octanol–water partition coefficient (Wildman–Crippen LogP) is 1.74. The Labute approximate surface area is 121 Å².